The van der Waals surface area contributed by atoms with Gasteiger partial charge < -0.3 is 0 Å². The van der Waals surface area contributed by atoms with Crippen molar-refractivity contribution in [2.45, 2.75) is 19.4 Å². The third kappa shape index (κ3) is 3.06. The van der Waals surface area contributed by atoms with Gasteiger partial charge in [0.05, 0.1) is 0 Å². The summed E-state index contributed by atoms with van der Waals surface area (Å²) in [5.41, 5.74) is 1.26. The predicted octanol–water partition coefficient (Wildman–Crippen LogP) is 1.77. The Morgan fingerprint density at radius 2 is 1.91 bits per heavy atom. The summed E-state index contributed by atoms with van der Waals surface area (Å²) in [7, 11) is 0. The van der Waals surface area contributed by atoms with E-state index in [0.29, 0.717) is 18.1 Å². The molecule has 0 saturated carbocycles. The van der Waals surface area contributed by atoms with Crippen molar-refractivity contribution < 1.29 is 4.74 Å². The van der Waals surface area contributed by atoms with Gasteiger partial charge in [-0.1, -0.05) is 0 Å². The van der Waals surface area contributed by atoms with Crippen LogP contribution >= 0.6 is 0 Å². The Labute approximate surface area is 136 Å². The van der Waals surface area contributed by atoms with Crippen LogP contribution in [-0.2, 0) is 4.74 Å². The summed E-state index contributed by atoms with van der Waals surface area (Å²) in [6.07, 6.45) is 0. The van der Waals surface area contributed by atoms with Gasteiger partial charge in [-0.2, -0.15) is 0 Å². The van der Waals surface area contributed by atoms with Crippen LogP contribution in [0.15, 0.2) is 53.5 Å². The van der Waals surface area contributed by atoms with Gasteiger partial charge in [0, 0.05) is 0 Å². The fourth-order valence-corrected chi connectivity index (χ4v) is 4.34. The second-order valence-corrected chi connectivity index (χ2v) is 8.06. The molecule has 0 radical (unpaired) electrons. The van der Waals surface area contributed by atoms with Gasteiger partial charge in [-0.3, -0.25) is 0 Å². The molecule has 0 unspecified atom stereocenters. The topological polar surface area (TPSA) is 45.4 Å². The molecule has 0 bridgehead atoms. The Hall–Kier alpha value is -2.08. The standard InChI is InChI=1S/C18H16N2OSe/c1-18(2)12-21-17(20-18)16-13(11-19)7-6-10-15(16)22-14-8-4-3-5-9-14/h3-10H,12H2,1-2H3. The molecule has 0 spiro atoms. The van der Waals surface area contributed by atoms with Gasteiger partial charge in [-0.05, 0) is 0 Å². The van der Waals surface area contributed by atoms with Gasteiger partial charge in [-0.25, -0.2) is 0 Å². The second-order valence-electron chi connectivity index (χ2n) is 5.72. The molecule has 2 aromatic carbocycles. The second kappa shape index (κ2) is 5.96. The monoisotopic (exact) mass is 356 g/mol. The normalized spacial score (nSPS) is 15.8. The van der Waals surface area contributed by atoms with Crippen LogP contribution in [0.4, 0.5) is 0 Å². The number of nitrogens with zero attached hydrogens (tertiary/aromatic N) is 2. The summed E-state index contributed by atoms with van der Waals surface area (Å²) < 4.78 is 8.19. The molecule has 0 aliphatic carbocycles. The Morgan fingerprint density at radius 1 is 1.14 bits per heavy atom. The average Bonchev–Trinajstić information content (AvgIpc) is 2.88. The summed E-state index contributed by atoms with van der Waals surface area (Å²) in [5, 5.41) is 9.45. The van der Waals surface area contributed by atoms with Gasteiger partial charge in [0.1, 0.15) is 0 Å². The molecule has 3 rings (SSSR count). The molecule has 1 aliphatic rings. The maximum absolute atomic E-state index is 9.45. The van der Waals surface area contributed by atoms with E-state index in [4.69, 9.17) is 4.74 Å². The summed E-state index contributed by atoms with van der Waals surface area (Å²) >= 11 is 0.113. The quantitative estimate of drug-likeness (QED) is 0.788. The fraction of sp³-hybridized carbons (Fsp3) is 0.222. The molecule has 22 heavy (non-hydrogen) atoms. The summed E-state index contributed by atoms with van der Waals surface area (Å²) in [6, 6.07) is 18.4. The molecule has 0 aromatic heterocycles. The molecule has 1 heterocycles. The number of nitriles is 1. The first-order valence-electron chi connectivity index (χ1n) is 7.08. The van der Waals surface area contributed by atoms with E-state index in [1.807, 2.05) is 44.2 Å². The Kier molecular flexibility index (Phi) is 4.02. The molecule has 0 fully saturated rings. The maximum atomic E-state index is 9.45. The van der Waals surface area contributed by atoms with Crippen LogP contribution in [0.25, 0.3) is 0 Å². The number of rotatable bonds is 3. The molecule has 110 valence electrons. The van der Waals surface area contributed by atoms with Crippen LogP contribution in [0.2, 0.25) is 0 Å². The fourth-order valence-electron chi connectivity index (χ4n) is 2.26. The summed E-state index contributed by atoms with van der Waals surface area (Å²) in [5.74, 6) is 0.606. The molecule has 0 N–H and O–H groups in total. The zero-order chi connectivity index (χ0) is 15.6. The molecular weight excluding hydrogens is 339 g/mol. The van der Waals surface area contributed by atoms with Crippen LogP contribution < -0.4 is 8.92 Å². The van der Waals surface area contributed by atoms with Crippen molar-refractivity contribution >= 4 is 29.8 Å². The van der Waals surface area contributed by atoms with Crippen molar-refractivity contribution in [3.05, 3.63) is 59.7 Å². The van der Waals surface area contributed by atoms with Crippen molar-refractivity contribution in [2.24, 2.45) is 4.99 Å². The zero-order valence-corrected chi connectivity index (χ0v) is 14.2. The van der Waals surface area contributed by atoms with Gasteiger partial charge in [0.2, 0.25) is 0 Å². The van der Waals surface area contributed by atoms with Crippen LogP contribution in [0.3, 0.4) is 0 Å². The third-order valence-corrected chi connectivity index (χ3v) is 5.54. The summed E-state index contributed by atoms with van der Waals surface area (Å²) in [4.78, 5) is 4.65. The molecule has 3 nitrogen and oxygen atoms in total. The number of ether oxygens (including phenoxy) is 1. The Morgan fingerprint density at radius 3 is 2.55 bits per heavy atom. The van der Waals surface area contributed by atoms with Crippen molar-refractivity contribution in [3.63, 3.8) is 0 Å². The first-order valence-corrected chi connectivity index (χ1v) is 8.79. The molecule has 4 heteroatoms. The van der Waals surface area contributed by atoms with Gasteiger partial charge in [0.15, 0.2) is 0 Å². The number of hydrogen-bond donors (Lipinski definition) is 0. The summed E-state index contributed by atoms with van der Waals surface area (Å²) in [6.45, 7) is 4.63. The van der Waals surface area contributed by atoms with Crippen LogP contribution in [0, 0.1) is 11.3 Å². The molecule has 0 saturated heterocycles. The van der Waals surface area contributed by atoms with Crippen molar-refractivity contribution in [1.82, 2.24) is 0 Å². The van der Waals surface area contributed by atoms with E-state index in [1.54, 1.807) is 0 Å². The van der Waals surface area contributed by atoms with Crippen molar-refractivity contribution in [2.75, 3.05) is 6.61 Å². The van der Waals surface area contributed by atoms with Crippen molar-refractivity contribution in [3.8, 4) is 6.07 Å². The molecule has 1 aliphatic heterocycles. The van der Waals surface area contributed by atoms with Gasteiger partial charge in [-0.15, -0.1) is 0 Å². The first kappa shape index (κ1) is 14.8. The van der Waals surface area contributed by atoms with Crippen LogP contribution in [-0.4, -0.2) is 33.0 Å². The number of aliphatic imine (C=N–C) groups is 1. The molecule has 0 amide bonds. The molecular formula is C18H16N2OSe. The van der Waals surface area contributed by atoms with Crippen LogP contribution in [0.1, 0.15) is 25.0 Å². The molecule has 2 aromatic rings. The van der Waals surface area contributed by atoms with E-state index in [9.17, 15) is 5.26 Å². The zero-order valence-electron chi connectivity index (χ0n) is 12.5. The van der Waals surface area contributed by atoms with Crippen LogP contribution in [0.5, 0.6) is 0 Å². The predicted molar refractivity (Wildman–Crippen MR) is 89.2 cm³/mol. The third-order valence-electron chi connectivity index (χ3n) is 3.30. The minimum absolute atomic E-state index is 0.113. The van der Waals surface area contributed by atoms with Gasteiger partial charge >= 0.3 is 136 Å². The first-order chi connectivity index (χ1) is 10.6. The average molecular weight is 355 g/mol. The van der Waals surface area contributed by atoms with E-state index < -0.39 is 0 Å². The number of benzene rings is 2. The van der Waals surface area contributed by atoms with E-state index in [2.05, 4.69) is 29.3 Å². The van der Waals surface area contributed by atoms with Crippen molar-refractivity contribution in [1.29, 1.82) is 5.26 Å². The van der Waals surface area contributed by atoms with Gasteiger partial charge in [0.25, 0.3) is 0 Å². The van der Waals surface area contributed by atoms with E-state index in [1.165, 1.54) is 4.46 Å². The van der Waals surface area contributed by atoms with E-state index >= 15 is 0 Å². The van der Waals surface area contributed by atoms with E-state index in [-0.39, 0.29) is 20.5 Å². The van der Waals surface area contributed by atoms with E-state index in [0.717, 1.165) is 10.0 Å². The SMILES string of the molecule is CC1(C)COC(c2c(C#N)cccc2[Se]c2ccccc2)=N1. The number of hydrogen-bond acceptors (Lipinski definition) is 3. The molecule has 0 atom stereocenters. The minimum atomic E-state index is -0.227. The Bertz CT molecular complexity index is 760. The Balaban J connectivity index is 2.06.